The first-order chi connectivity index (χ1) is 18.5. The first-order valence-corrected chi connectivity index (χ1v) is 13.6. The topological polar surface area (TPSA) is 66.3 Å². The summed E-state index contributed by atoms with van der Waals surface area (Å²) < 4.78 is 1.95. The number of urea groups is 1. The Balaban J connectivity index is 1.41. The summed E-state index contributed by atoms with van der Waals surface area (Å²) in [7, 11) is 0. The summed E-state index contributed by atoms with van der Waals surface area (Å²) >= 11 is 19.8. The van der Waals surface area contributed by atoms with Gasteiger partial charge in [0.2, 0.25) is 0 Å². The van der Waals surface area contributed by atoms with Gasteiger partial charge in [0.15, 0.2) is 0 Å². The zero-order valence-electron chi connectivity index (χ0n) is 20.4. The lowest BCUT2D eigenvalue weighted by Gasteiger charge is -2.35. The second-order valence-corrected chi connectivity index (χ2v) is 10.8. The molecule has 0 radical (unpaired) electrons. The van der Waals surface area contributed by atoms with Gasteiger partial charge in [0.05, 0.1) is 27.5 Å². The number of anilines is 2. The van der Waals surface area contributed by atoms with Crippen LogP contribution >= 0.6 is 34.8 Å². The molecule has 38 heavy (non-hydrogen) atoms. The Kier molecular flexibility index (Phi) is 7.01. The smallest absolute Gasteiger partial charge is 0.326 e. The van der Waals surface area contributed by atoms with E-state index in [0.717, 1.165) is 60.4 Å². The average Bonchev–Trinajstić information content (AvgIpc) is 3.45. The molecule has 1 aromatic heterocycles. The number of hydrogen-bond donors (Lipinski definition) is 1. The Morgan fingerprint density at radius 1 is 0.921 bits per heavy atom. The molecule has 2 amide bonds. The lowest BCUT2D eigenvalue weighted by Crippen LogP contribution is -2.42. The van der Waals surface area contributed by atoms with Crippen molar-refractivity contribution in [2.75, 3.05) is 18.0 Å². The fourth-order valence-corrected chi connectivity index (χ4v) is 6.20. The van der Waals surface area contributed by atoms with Crippen LogP contribution in [-0.2, 0) is 13.1 Å². The van der Waals surface area contributed by atoms with Gasteiger partial charge in [0.1, 0.15) is 12.7 Å². The van der Waals surface area contributed by atoms with Crippen LogP contribution in [0, 0.1) is 0 Å². The number of fused-ring (bicyclic) bond motifs is 1. The standard InChI is InChI=1S/C28H25Cl3N6O/c29-23-5-2-1-4-20(23)21-12-18(15-35-10-8-19(9-11-35)36-17-32-16-34-36)13-26-22(21)14-33-28(38)37(26)27-24(30)6-3-7-25(27)31/h1-7,12-13,16-17,19H,8-11,14-15H2,(H,33,38). The Morgan fingerprint density at radius 3 is 2.37 bits per heavy atom. The van der Waals surface area contributed by atoms with E-state index in [4.69, 9.17) is 34.8 Å². The molecule has 6 rings (SSSR count). The summed E-state index contributed by atoms with van der Waals surface area (Å²) in [4.78, 5) is 21.4. The number of nitrogens with zero attached hydrogens (tertiary/aromatic N) is 5. The number of benzene rings is 3. The molecule has 0 atom stereocenters. The average molecular weight is 568 g/mol. The summed E-state index contributed by atoms with van der Waals surface area (Å²) in [6.07, 6.45) is 5.37. The van der Waals surface area contributed by atoms with Crippen molar-refractivity contribution in [3.05, 3.63) is 93.4 Å². The Hall–Kier alpha value is -3.10. The molecule has 0 saturated carbocycles. The number of aromatic nitrogens is 3. The lowest BCUT2D eigenvalue weighted by atomic mass is 9.93. The maximum atomic E-state index is 13.3. The Labute approximate surface area is 235 Å². The van der Waals surface area contributed by atoms with Gasteiger partial charge in [-0.15, -0.1) is 0 Å². The van der Waals surface area contributed by atoms with Gasteiger partial charge in [0.25, 0.3) is 0 Å². The molecule has 4 aromatic rings. The van der Waals surface area contributed by atoms with Crippen molar-refractivity contribution in [2.45, 2.75) is 32.0 Å². The second kappa shape index (κ2) is 10.6. The molecular weight excluding hydrogens is 543 g/mol. The molecule has 3 aromatic carbocycles. The van der Waals surface area contributed by atoms with Crippen LogP contribution in [0.15, 0.2) is 67.3 Å². The molecule has 0 bridgehead atoms. The molecule has 1 saturated heterocycles. The molecule has 2 aliphatic rings. The van der Waals surface area contributed by atoms with Gasteiger partial charge in [-0.3, -0.25) is 9.80 Å². The Morgan fingerprint density at radius 2 is 1.66 bits per heavy atom. The van der Waals surface area contributed by atoms with Gasteiger partial charge in [0, 0.05) is 42.3 Å². The minimum absolute atomic E-state index is 0.275. The SMILES string of the molecule is O=C1NCc2c(-c3ccccc3Cl)cc(CN3CCC(n4cncn4)CC3)cc2N1c1c(Cl)cccc1Cl. The third-order valence-corrected chi connectivity index (χ3v) is 8.19. The summed E-state index contributed by atoms with van der Waals surface area (Å²) in [6, 6.07) is 17.4. The molecule has 194 valence electrons. The summed E-state index contributed by atoms with van der Waals surface area (Å²) in [5, 5.41) is 8.77. The molecule has 7 nitrogen and oxygen atoms in total. The molecule has 0 unspecified atom stereocenters. The largest absolute Gasteiger partial charge is 0.333 e. The molecule has 0 aliphatic carbocycles. The van der Waals surface area contributed by atoms with E-state index in [9.17, 15) is 4.79 Å². The molecule has 3 heterocycles. The van der Waals surface area contributed by atoms with Gasteiger partial charge >= 0.3 is 6.03 Å². The maximum Gasteiger partial charge on any atom is 0.326 e. The van der Waals surface area contributed by atoms with Crippen LogP contribution in [0.1, 0.15) is 30.0 Å². The van der Waals surface area contributed by atoms with E-state index in [1.54, 1.807) is 35.8 Å². The molecule has 2 aliphatic heterocycles. The molecule has 1 N–H and O–H groups in total. The predicted molar refractivity (Wildman–Crippen MR) is 151 cm³/mol. The predicted octanol–water partition coefficient (Wildman–Crippen LogP) is 7.10. The number of carbonyl (C=O) groups is 1. The van der Waals surface area contributed by atoms with E-state index in [-0.39, 0.29) is 6.03 Å². The highest BCUT2D eigenvalue weighted by molar-refractivity contribution is 6.40. The molecule has 10 heteroatoms. The highest BCUT2D eigenvalue weighted by Gasteiger charge is 2.32. The third kappa shape index (κ3) is 4.76. The van der Waals surface area contributed by atoms with E-state index in [1.165, 1.54) is 0 Å². The zero-order valence-corrected chi connectivity index (χ0v) is 22.7. The van der Waals surface area contributed by atoms with Crippen molar-refractivity contribution < 1.29 is 4.79 Å². The number of rotatable bonds is 5. The highest BCUT2D eigenvalue weighted by Crippen LogP contribution is 2.45. The zero-order chi connectivity index (χ0) is 26.2. The minimum Gasteiger partial charge on any atom is -0.333 e. The number of amides is 2. The normalized spacial score (nSPS) is 16.4. The van der Waals surface area contributed by atoms with Crippen LogP contribution in [0.5, 0.6) is 0 Å². The van der Waals surface area contributed by atoms with Gasteiger partial charge in [-0.25, -0.2) is 14.5 Å². The quantitative estimate of drug-likeness (QED) is 0.279. The number of carbonyl (C=O) groups excluding carboxylic acids is 1. The van der Waals surface area contributed by atoms with Crippen LogP contribution in [0.25, 0.3) is 11.1 Å². The van der Waals surface area contributed by atoms with E-state index in [0.29, 0.717) is 33.3 Å². The van der Waals surface area contributed by atoms with Crippen molar-refractivity contribution in [3.63, 3.8) is 0 Å². The number of halogens is 3. The van der Waals surface area contributed by atoms with Crippen molar-refractivity contribution in [1.82, 2.24) is 25.0 Å². The van der Waals surface area contributed by atoms with Crippen LogP contribution in [0.2, 0.25) is 15.1 Å². The number of nitrogens with one attached hydrogen (secondary N) is 1. The van der Waals surface area contributed by atoms with Crippen LogP contribution in [0.4, 0.5) is 16.2 Å². The van der Waals surface area contributed by atoms with Crippen molar-refractivity contribution >= 4 is 52.2 Å². The van der Waals surface area contributed by atoms with Gasteiger partial charge in [-0.05, 0) is 54.3 Å². The van der Waals surface area contributed by atoms with Crippen molar-refractivity contribution in [1.29, 1.82) is 0 Å². The lowest BCUT2D eigenvalue weighted by molar-refractivity contribution is 0.173. The van der Waals surface area contributed by atoms with Gasteiger partial charge in [-0.1, -0.05) is 59.1 Å². The monoisotopic (exact) mass is 566 g/mol. The number of hydrogen-bond acceptors (Lipinski definition) is 4. The van der Waals surface area contributed by atoms with Crippen LogP contribution in [0.3, 0.4) is 0 Å². The summed E-state index contributed by atoms with van der Waals surface area (Å²) in [5.41, 5.74) is 5.16. The van der Waals surface area contributed by atoms with E-state index < -0.39 is 0 Å². The number of para-hydroxylation sites is 1. The number of likely N-dealkylation sites (tertiary alicyclic amines) is 1. The van der Waals surface area contributed by atoms with E-state index >= 15 is 0 Å². The summed E-state index contributed by atoms with van der Waals surface area (Å²) in [5.74, 6) is 0. The van der Waals surface area contributed by atoms with Crippen molar-refractivity contribution in [2.24, 2.45) is 0 Å². The van der Waals surface area contributed by atoms with Gasteiger partial charge in [-0.2, -0.15) is 5.10 Å². The molecule has 1 fully saturated rings. The first-order valence-electron chi connectivity index (χ1n) is 12.5. The maximum absolute atomic E-state index is 13.3. The number of piperidine rings is 1. The fourth-order valence-electron chi connectivity index (χ4n) is 5.39. The van der Waals surface area contributed by atoms with E-state index in [1.807, 2.05) is 28.9 Å². The summed E-state index contributed by atoms with van der Waals surface area (Å²) in [6.45, 7) is 2.98. The highest BCUT2D eigenvalue weighted by atomic mass is 35.5. The van der Waals surface area contributed by atoms with Gasteiger partial charge < -0.3 is 5.32 Å². The van der Waals surface area contributed by atoms with Crippen molar-refractivity contribution in [3.8, 4) is 11.1 Å². The fraction of sp³-hybridized carbons (Fsp3) is 0.250. The van der Waals surface area contributed by atoms with Crippen LogP contribution < -0.4 is 10.2 Å². The first kappa shape index (κ1) is 25.2. The minimum atomic E-state index is -0.275. The van der Waals surface area contributed by atoms with Crippen LogP contribution in [-0.4, -0.2) is 38.8 Å². The third-order valence-electron chi connectivity index (χ3n) is 7.25. The second-order valence-electron chi connectivity index (χ2n) is 9.57. The molecule has 0 spiro atoms. The Bertz CT molecular complexity index is 1460. The molecular formula is C28H25Cl3N6O. The van der Waals surface area contributed by atoms with E-state index in [2.05, 4.69) is 32.4 Å².